The lowest BCUT2D eigenvalue weighted by molar-refractivity contribution is -0.118. The highest BCUT2D eigenvalue weighted by molar-refractivity contribution is 6.31. The summed E-state index contributed by atoms with van der Waals surface area (Å²) in [5.41, 5.74) is 1.11. The lowest BCUT2D eigenvalue weighted by Gasteiger charge is -2.40. The Morgan fingerprint density at radius 3 is 2.47 bits per heavy atom. The first-order chi connectivity index (χ1) is 15.1. The molecule has 1 saturated heterocycles. The molecule has 4 rings (SSSR count). The lowest BCUT2D eigenvalue weighted by Crippen LogP contribution is -2.57. The Balaban J connectivity index is 1.45. The SMILES string of the molecule is Cc1nc(NC2CN(C(=O)c3cc(F)c(Cl)c(F)c3)C2)nc2c1NC(=O)[C@H](C(C)C)N2C. The highest BCUT2D eigenvalue weighted by Gasteiger charge is 2.36. The zero-order valence-corrected chi connectivity index (χ0v) is 18.8. The van der Waals surface area contributed by atoms with Crippen LogP contribution in [0.5, 0.6) is 0 Å². The van der Waals surface area contributed by atoms with Gasteiger partial charge in [0.15, 0.2) is 5.82 Å². The standard InChI is InChI=1S/C21H23ClF2N6O2/c1-9(2)17-19(31)27-16-10(3)25-21(28-18(16)29(17)4)26-12-7-30(8-12)20(32)11-5-13(23)15(22)14(24)6-11/h5-6,9,12,17H,7-8H2,1-4H3,(H,27,31)(H,25,26,28)/t17-/m0/s1. The second-order valence-corrected chi connectivity index (χ2v) is 8.80. The molecule has 2 N–H and O–H groups in total. The maximum absolute atomic E-state index is 13.7. The number of hydrogen-bond donors (Lipinski definition) is 2. The molecule has 2 aliphatic rings. The van der Waals surface area contributed by atoms with Gasteiger partial charge in [0.05, 0.1) is 11.7 Å². The number of likely N-dealkylation sites (N-methyl/N-ethyl adjacent to an activating group) is 1. The van der Waals surface area contributed by atoms with Gasteiger partial charge in [0.1, 0.15) is 28.4 Å². The van der Waals surface area contributed by atoms with Crippen LogP contribution in [0.25, 0.3) is 0 Å². The molecule has 0 aliphatic carbocycles. The average molecular weight is 465 g/mol. The van der Waals surface area contributed by atoms with Crippen LogP contribution in [0.3, 0.4) is 0 Å². The molecule has 2 amide bonds. The number of carbonyl (C=O) groups is 2. The van der Waals surface area contributed by atoms with Crippen molar-refractivity contribution in [3.8, 4) is 0 Å². The van der Waals surface area contributed by atoms with Crippen molar-refractivity contribution in [2.45, 2.75) is 32.9 Å². The van der Waals surface area contributed by atoms with Gasteiger partial charge < -0.3 is 20.4 Å². The predicted octanol–water partition coefficient (Wildman–Crippen LogP) is 3.07. The van der Waals surface area contributed by atoms with Gasteiger partial charge in [-0.15, -0.1) is 0 Å². The number of nitrogens with zero attached hydrogens (tertiary/aromatic N) is 4. The van der Waals surface area contributed by atoms with Crippen LogP contribution in [0, 0.1) is 24.5 Å². The molecule has 0 radical (unpaired) electrons. The van der Waals surface area contributed by atoms with Crippen LogP contribution >= 0.6 is 11.6 Å². The maximum atomic E-state index is 13.7. The van der Waals surface area contributed by atoms with E-state index in [9.17, 15) is 18.4 Å². The van der Waals surface area contributed by atoms with Crippen molar-refractivity contribution >= 4 is 40.9 Å². The van der Waals surface area contributed by atoms with E-state index in [0.717, 1.165) is 12.1 Å². The van der Waals surface area contributed by atoms with Crippen LogP contribution in [0.4, 0.5) is 26.2 Å². The largest absolute Gasteiger partial charge is 0.348 e. The summed E-state index contributed by atoms with van der Waals surface area (Å²) in [7, 11) is 1.83. The number of benzene rings is 1. The lowest BCUT2D eigenvalue weighted by atomic mass is 9.99. The molecule has 2 aliphatic heterocycles. The molecule has 3 heterocycles. The summed E-state index contributed by atoms with van der Waals surface area (Å²) in [6, 6.07) is 1.39. The van der Waals surface area contributed by atoms with E-state index >= 15 is 0 Å². The Kier molecular flexibility index (Phi) is 5.66. The van der Waals surface area contributed by atoms with Crippen LogP contribution in [0.15, 0.2) is 12.1 Å². The normalized spacial score (nSPS) is 18.4. The number of rotatable bonds is 4. The average Bonchev–Trinajstić information content (AvgIpc) is 2.68. The minimum Gasteiger partial charge on any atom is -0.348 e. The molecule has 0 saturated carbocycles. The Bertz CT molecular complexity index is 1080. The fraction of sp³-hybridized carbons (Fsp3) is 0.429. The molecule has 1 aromatic carbocycles. The van der Waals surface area contributed by atoms with Crippen LogP contribution < -0.4 is 15.5 Å². The molecule has 8 nitrogen and oxygen atoms in total. The van der Waals surface area contributed by atoms with Crippen LogP contribution in [0.1, 0.15) is 29.9 Å². The van der Waals surface area contributed by atoms with Crippen molar-refractivity contribution in [3.05, 3.63) is 40.0 Å². The number of anilines is 3. The Labute approximate surface area is 189 Å². The summed E-state index contributed by atoms with van der Waals surface area (Å²) in [5.74, 6) is -1.43. The predicted molar refractivity (Wildman–Crippen MR) is 117 cm³/mol. The third-order valence-electron chi connectivity index (χ3n) is 5.70. The van der Waals surface area contributed by atoms with Gasteiger partial charge in [-0.1, -0.05) is 25.4 Å². The van der Waals surface area contributed by atoms with Crippen molar-refractivity contribution in [1.82, 2.24) is 14.9 Å². The van der Waals surface area contributed by atoms with Crippen molar-refractivity contribution in [3.63, 3.8) is 0 Å². The molecule has 1 aromatic heterocycles. The van der Waals surface area contributed by atoms with Crippen LogP contribution in [-0.4, -0.2) is 58.9 Å². The number of hydrogen-bond acceptors (Lipinski definition) is 6. The first-order valence-electron chi connectivity index (χ1n) is 10.2. The molecule has 0 spiro atoms. The van der Waals surface area contributed by atoms with Gasteiger partial charge >= 0.3 is 0 Å². The third-order valence-corrected chi connectivity index (χ3v) is 6.06. The smallest absolute Gasteiger partial charge is 0.254 e. The molecule has 11 heteroatoms. The van der Waals surface area contributed by atoms with E-state index in [1.54, 1.807) is 6.92 Å². The van der Waals surface area contributed by atoms with Crippen LogP contribution in [-0.2, 0) is 4.79 Å². The van der Waals surface area contributed by atoms with Gasteiger partial charge in [0, 0.05) is 25.7 Å². The minimum atomic E-state index is -0.973. The number of halogens is 3. The Morgan fingerprint density at radius 1 is 1.25 bits per heavy atom. The number of carbonyl (C=O) groups excluding carboxylic acids is 2. The monoisotopic (exact) mass is 464 g/mol. The highest BCUT2D eigenvalue weighted by atomic mass is 35.5. The second kappa shape index (κ2) is 8.16. The van der Waals surface area contributed by atoms with E-state index in [2.05, 4.69) is 20.6 Å². The van der Waals surface area contributed by atoms with Gasteiger partial charge in [0.25, 0.3) is 5.91 Å². The van der Waals surface area contributed by atoms with Gasteiger partial charge in [-0.3, -0.25) is 9.59 Å². The highest BCUT2D eigenvalue weighted by Crippen LogP contribution is 2.34. The first-order valence-corrected chi connectivity index (χ1v) is 10.6. The van der Waals surface area contributed by atoms with E-state index in [1.165, 1.54) is 4.90 Å². The Hall–Kier alpha value is -3.01. The summed E-state index contributed by atoms with van der Waals surface area (Å²) in [5, 5.41) is 5.45. The van der Waals surface area contributed by atoms with E-state index < -0.39 is 22.6 Å². The van der Waals surface area contributed by atoms with E-state index in [4.69, 9.17) is 11.6 Å². The van der Waals surface area contributed by atoms with E-state index in [-0.39, 0.29) is 29.5 Å². The van der Waals surface area contributed by atoms with Gasteiger partial charge in [-0.25, -0.2) is 13.8 Å². The maximum Gasteiger partial charge on any atom is 0.254 e. The molecule has 1 fully saturated rings. The topological polar surface area (TPSA) is 90.5 Å². The summed E-state index contributed by atoms with van der Waals surface area (Å²) in [4.78, 5) is 37.3. The van der Waals surface area contributed by atoms with Crippen molar-refractivity contribution < 1.29 is 18.4 Å². The third kappa shape index (κ3) is 3.83. The van der Waals surface area contributed by atoms with Gasteiger partial charge in [-0.2, -0.15) is 4.98 Å². The molecular weight excluding hydrogens is 442 g/mol. The number of amides is 2. The van der Waals surface area contributed by atoms with Gasteiger partial charge in [0.2, 0.25) is 11.9 Å². The number of aromatic nitrogens is 2. The van der Waals surface area contributed by atoms with Crippen molar-refractivity contribution in [2.75, 3.05) is 35.7 Å². The summed E-state index contributed by atoms with van der Waals surface area (Å²) >= 11 is 5.48. The van der Waals surface area contributed by atoms with E-state index in [1.807, 2.05) is 25.8 Å². The van der Waals surface area contributed by atoms with Gasteiger partial charge in [-0.05, 0) is 25.0 Å². The quantitative estimate of drug-likeness (QED) is 0.676. The molecular formula is C21H23ClF2N6O2. The molecule has 1 atom stereocenters. The summed E-state index contributed by atoms with van der Waals surface area (Å²) < 4.78 is 27.3. The van der Waals surface area contributed by atoms with Crippen LogP contribution in [0.2, 0.25) is 5.02 Å². The Morgan fingerprint density at radius 2 is 1.88 bits per heavy atom. The zero-order valence-electron chi connectivity index (χ0n) is 18.0. The fourth-order valence-electron chi connectivity index (χ4n) is 4.06. The summed E-state index contributed by atoms with van der Waals surface area (Å²) in [6.07, 6.45) is 0. The molecule has 170 valence electrons. The van der Waals surface area contributed by atoms with Crippen molar-refractivity contribution in [1.29, 1.82) is 0 Å². The molecule has 0 bridgehead atoms. The molecule has 2 aromatic rings. The number of nitrogens with one attached hydrogen (secondary N) is 2. The van der Waals surface area contributed by atoms with E-state index in [0.29, 0.717) is 36.2 Å². The number of fused-ring (bicyclic) bond motifs is 1. The summed E-state index contributed by atoms with van der Waals surface area (Å²) in [6.45, 7) is 6.38. The number of aryl methyl sites for hydroxylation is 1. The first kappa shape index (κ1) is 22.2. The zero-order chi connectivity index (χ0) is 23.3. The fourth-order valence-corrected chi connectivity index (χ4v) is 4.17. The molecule has 32 heavy (non-hydrogen) atoms. The minimum absolute atomic E-state index is 0.0913. The molecule has 0 unspecified atom stereocenters. The van der Waals surface area contributed by atoms with Crippen molar-refractivity contribution in [2.24, 2.45) is 5.92 Å². The number of likely N-dealkylation sites (tertiary alicyclic amines) is 1. The second-order valence-electron chi connectivity index (χ2n) is 8.43.